The molecule has 0 bridgehead atoms. The molecule has 0 fully saturated rings. The van der Waals surface area contributed by atoms with E-state index in [1.54, 1.807) is 5.20 Å². The molecular weight excluding hydrogens is 771 g/mol. The molecule has 0 heterocycles. The first-order chi connectivity index (χ1) is 22.8. The van der Waals surface area contributed by atoms with E-state index in [2.05, 4.69) is 220 Å². The van der Waals surface area contributed by atoms with E-state index in [9.17, 15) is 0 Å². The third-order valence-corrected chi connectivity index (χ3v) is 17.5. The van der Waals surface area contributed by atoms with E-state index in [1.165, 1.54) is 58.4 Å². The van der Waals surface area contributed by atoms with Gasteiger partial charge in [-0.1, -0.05) is 0 Å². The molecule has 1 aliphatic rings. The second kappa shape index (κ2) is 16.7. The van der Waals surface area contributed by atoms with Gasteiger partial charge in [0.05, 0.1) is 0 Å². The van der Waals surface area contributed by atoms with Gasteiger partial charge in [-0.05, 0) is 0 Å². The minimum absolute atomic E-state index is 0. The summed E-state index contributed by atoms with van der Waals surface area (Å²) in [7, 11) is -3.00. The van der Waals surface area contributed by atoms with Crippen LogP contribution in [-0.4, -0.2) is 8.07 Å². The van der Waals surface area contributed by atoms with Crippen LogP contribution in [0.3, 0.4) is 0 Å². The van der Waals surface area contributed by atoms with Crippen molar-refractivity contribution in [1.82, 2.24) is 0 Å². The Hall–Kier alpha value is -1.06. The molecule has 4 rings (SSSR count). The number of hydrogen-bond acceptors (Lipinski definition) is 0. The number of rotatable bonds is 4. The first-order valence-electron chi connectivity index (χ1n) is 19.4. The smallest absolute Gasteiger partial charge is 1.00 e. The van der Waals surface area contributed by atoms with Gasteiger partial charge in [-0.3, -0.25) is 0 Å². The second-order valence-corrected chi connectivity index (χ2v) is 26.7. The fourth-order valence-corrected chi connectivity index (χ4v) is 13.3. The average molecular weight is 842 g/mol. The molecule has 0 nitrogen and oxygen atoms in total. The third-order valence-electron chi connectivity index (χ3n) is 11.4. The molecule has 296 valence electrons. The van der Waals surface area contributed by atoms with Gasteiger partial charge in [-0.2, -0.15) is 0 Å². The van der Waals surface area contributed by atoms with E-state index >= 15 is 0 Å². The molecule has 3 aromatic rings. The Labute approximate surface area is 364 Å². The maximum absolute atomic E-state index is 3.00. The second-order valence-electron chi connectivity index (χ2n) is 22.1. The summed E-state index contributed by atoms with van der Waals surface area (Å²) in [6, 6.07) is 23.4. The summed E-state index contributed by atoms with van der Waals surface area (Å²) < 4.78 is 1.51. The number of halogens is 3. The van der Waals surface area contributed by atoms with Gasteiger partial charge in [0, 0.05) is 0 Å². The van der Waals surface area contributed by atoms with Crippen LogP contribution in [0.5, 0.6) is 0 Å². The number of hydrogen-bond donors (Lipinski definition) is 0. The van der Waals surface area contributed by atoms with E-state index in [4.69, 9.17) is 0 Å². The van der Waals surface area contributed by atoms with Gasteiger partial charge < -0.3 is 37.2 Å². The van der Waals surface area contributed by atoms with Crippen LogP contribution >= 0.6 is 0 Å². The fraction of sp³-hybridized carbons (Fsp3) is 0.551. The molecule has 0 saturated heterocycles. The molecule has 0 spiro atoms. The molecule has 0 radical (unpaired) electrons. The molecular formula is C49H71Cl3SiTi. The van der Waals surface area contributed by atoms with Gasteiger partial charge in [0.25, 0.3) is 0 Å². The van der Waals surface area contributed by atoms with E-state index < -0.39 is 8.07 Å². The molecule has 0 N–H and O–H groups in total. The Bertz CT molecular complexity index is 1590. The average Bonchev–Trinajstić information content (AvgIpc) is 3.21. The molecule has 0 aliphatic heterocycles. The summed E-state index contributed by atoms with van der Waals surface area (Å²) in [5.74, 6) is 0.403. The van der Waals surface area contributed by atoms with Crippen LogP contribution < -0.4 is 52.8 Å². The zero-order valence-electron chi connectivity index (χ0n) is 37.5. The molecule has 1 aliphatic carbocycles. The summed E-state index contributed by atoms with van der Waals surface area (Å²) in [6.45, 7) is 47.9. The van der Waals surface area contributed by atoms with Crippen LogP contribution in [0.1, 0.15) is 172 Å². The quantitative estimate of drug-likeness (QED) is 0.281. The predicted octanol–water partition coefficient (Wildman–Crippen LogP) is 2.89. The molecule has 0 amide bonds. The maximum atomic E-state index is 2.68. The zero-order valence-corrected chi connectivity index (χ0v) is 42.3. The van der Waals surface area contributed by atoms with E-state index in [1.807, 2.05) is 0 Å². The molecule has 1 atom stereocenters. The largest absolute Gasteiger partial charge is 1.00 e. The first kappa shape index (κ1) is 51.0. The van der Waals surface area contributed by atoms with Crippen molar-refractivity contribution in [2.75, 3.05) is 0 Å². The number of benzene rings is 3. The van der Waals surface area contributed by atoms with Gasteiger partial charge in [0.15, 0.2) is 0 Å². The van der Waals surface area contributed by atoms with Gasteiger partial charge >= 0.3 is 330 Å². The summed E-state index contributed by atoms with van der Waals surface area (Å²) in [4.78, 5) is 0. The number of allylic oxidation sites excluding steroid dienone is 4. The molecule has 54 heavy (non-hydrogen) atoms. The Morgan fingerprint density at radius 1 is 0.407 bits per heavy atom. The SMILES string of the molecule is CC1=[C]([Ti+3])C(C)C=C1[Si](c1cc(C(C)(C)C)cc(C(C)(C)C)c1)(c1cc(C(C)(C)C)cc(C(C)(C)C)c1)c1cc(C(C)(C)C)cc(C(C)(C)C)c1.[Cl-].[Cl-].[Cl-]. The molecule has 5 heteroatoms. The van der Waals surface area contributed by atoms with Gasteiger partial charge in [-0.15, -0.1) is 0 Å². The van der Waals surface area contributed by atoms with Gasteiger partial charge in [0.1, 0.15) is 0 Å². The Morgan fingerprint density at radius 2 is 0.611 bits per heavy atom. The van der Waals surface area contributed by atoms with Crippen LogP contribution in [0.25, 0.3) is 0 Å². The summed E-state index contributed by atoms with van der Waals surface area (Å²) in [5.41, 5.74) is 10.1. The Morgan fingerprint density at radius 3 is 0.759 bits per heavy atom. The molecule has 3 aromatic carbocycles. The Kier molecular flexibility index (Phi) is 15.7. The summed E-state index contributed by atoms with van der Waals surface area (Å²) >= 11 is 2.38. The van der Waals surface area contributed by atoms with E-state index in [-0.39, 0.29) is 69.7 Å². The monoisotopic (exact) mass is 840 g/mol. The van der Waals surface area contributed by atoms with Crippen LogP contribution in [0, 0.1) is 5.92 Å². The maximum Gasteiger partial charge on any atom is -1.00 e. The van der Waals surface area contributed by atoms with Crippen molar-refractivity contribution >= 4 is 23.6 Å². The summed E-state index contributed by atoms with van der Waals surface area (Å²) in [5, 5.41) is 6.13. The Balaban J connectivity index is 0.00000486. The standard InChI is InChI=1S/C49H71Si.3ClH.Ti/c1-32-21-33(2)43(22-32)50(40-26-34(44(3,4)5)23-35(27-40)45(6,7)8,41-28-36(46(9,10)11)24-37(29-41)47(12,13)14)42-30-38(48(15,16)17)25-39(31-42)49(18,19)20;;;;/h22-32H,1-20H3;3*1H;/q;;;;+3/p-3. The van der Waals surface area contributed by atoms with Crippen LogP contribution in [0.4, 0.5) is 0 Å². The minimum Gasteiger partial charge on any atom is -1.00 e. The first-order valence-corrected chi connectivity index (χ1v) is 22.2. The van der Waals surface area contributed by atoms with Crippen LogP contribution in [-0.2, 0) is 52.9 Å². The van der Waals surface area contributed by atoms with Crippen molar-refractivity contribution in [2.45, 2.75) is 171 Å². The predicted molar refractivity (Wildman–Crippen MR) is 226 cm³/mol. The minimum atomic E-state index is -3.00. The van der Waals surface area contributed by atoms with Gasteiger partial charge in [0.2, 0.25) is 0 Å². The van der Waals surface area contributed by atoms with Crippen molar-refractivity contribution in [3.8, 4) is 0 Å². The fourth-order valence-electron chi connectivity index (χ4n) is 7.45. The zero-order chi connectivity index (χ0) is 39.1. The van der Waals surface area contributed by atoms with Crippen molar-refractivity contribution in [3.05, 3.63) is 109 Å². The third kappa shape index (κ3) is 10.3. The van der Waals surface area contributed by atoms with Crippen LogP contribution in [0.2, 0.25) is 0 Å². The topological polar surface area (TPSA) is 0 Å². The van der Waals surface area contributed by atoms with Crippen molar-refractivity contribution < 1.29 is 57.7 Å². The molecule has 1 unspecified atom stereocenters. The normalized spacial score (nSPS) is 16.0. The van der Waals surface area contributed by atoms with Crippen molar-refractivity contribution in [3.63, 3.8) is 0 Å². The molecule has 0 saturated carbocycles. The van der Waals surface area contributed by atoms with Crippen molar-refractivity contribution in [2.24, 2.45) is 5.92 Å². The van der Waals surface area contributed by atoms with E-state index in [0.29, 0.717) is 5.92 Å². The van der Waals surface area contributed by atoms with Crippen LogP contribution in [0.15, 0.2) is 75.3 Å². The van der Waals surface area contributed by atoms with E-state index in [0.717, 1.165) is 0 Å². The molecule has 0 aromatic heterocycles. The van der Waals surface area contributed by atoms with Gasteiger partial charge in [-0.25, -0.2) is 0 Å². The summed E-state index contributed by atoms with van der Waals surface area (Å²) in [6.07, 6.45) is 2.68. The van der Waals surface area contributed by atoms with Crippen molar-refractivity contribution in [1.29, 1.82) is 0 Å².